The van der Waals surface area contributed by atoms with Crippen molar-refractivity contribution in [1.29, 1.82) is 0 Å². The highest BCUT2D eigenvalue weighted by Gasteiger charge is 2.20. The first-order chi connectivity index (χ1) is 9.24. The van der Waals surface area contributed by atoms with Gasteiger partial charge in [0.05, 0.1) is 0 Å². The number of hydrogen-bond donors (Lipinski definition) is 0. The second kappa shape index (κ2) is 7.66. The minimum atomic E-state index is -0.316. The maximum Gasteiger partial charge on any atom is 0.313 e. The molecule has 19 heavy (non-hydrogen) atoms. The topological polar surface area (TPSA) is 43.4 Å². The largest absolute Gasteiger partial charge is 0.393 e. The maximum absolute atomic E-state index is 11.6. The molecular formula is C16H26O3. The van der Waals surface area contributed by atoms with Gasteiger partial charge < -0.3 is 4.74 Å². The van der Waals surface area contributed by atoms with Gasteiger partial charge in [0.2, 0.25) is 0 Å². The molecule has 0 spiro atoms. The number of ether oxygens (including phenoxy) is 1. The van der Waals surface area contributed by atoms with Crippen LogP contribution >= 0.6 is 0 Å². The van der Waals surface area contributed by atoms with Gasteiger partial charge in [-0.1, -0.05) is 51.4 Å². The van der Waals surface area contributed by atoms with E-state index in [2.05, 4.69) is 0 Å². The van der Waals surface area contributed by atoms with Crippen molar-refractivity contribution in [1.82, 2.24) is 0 Å². The second-order valence-corrected chi connectivity index (χ2v) is 6.22. The lowest BCUT2D eigenvalue weighted by molar-refractivity contribution is -0.160. The van der Waals surface area contributed by atoms with Gasteiger partial charge in [0.1, 0.15) is 0 Å². The number of carbonyl (C=O) groups excluding carboxylic acids is 2. The summed E-state index contributed by atoms with van der Waals surface area (Å²) >= 11 is 0. The van der Waals surface area contributed by atoms with Gasteiger partial charge >= 0.3 is 11.9 Å². The Morgan fingerprint density at radius 2 is 1.11 bits per heavy atom. The third-order valence-electron chi connectivity index (χ3n) is 4.69. The number of carbonyl (C=O) groups is 2. The molecule has 0 unspecified atom stereocenters. The quantitative estimate of drug-likeness (QED) is 0.539. The molecular weight excluding hydrogens is 240 g/mol. The van der Waals surface area contributed by atoms with Crippen LogP contribution in [0.25, 0.3) is 0 Å². The van der Waals surface area contributed by atoms with Gasteiger partial charge in [-0.05, 0) is 24.7 Å². The first-order valence-electron chi connectivity index (χ1n) is 7.97. The van der Waals surface area contributed by atoms with E-state index in [1.54, 1.807) is 0 Å². The summed E-state index contributed by atoms with van der Waals surface area (Å²) in [6.45, 7) is 0. The molecule has 0 atom stereocenters. The molecule has 3 heteroatoms. The Bertz CT molecular complexity index is 269. The minimum Gasteiger partial charge on any atom is -0.393 e. The van der Waals surface area contributed by atoms with E-state index < -0.39 is 0 Å². The van der Waals surface area contributed by atoms with Gasteiger partial charge in [-0.3, -0.25) is 9.59 Å². The zero-order valence-electron chi connectivity index (χ0n) is 11.9. The highest BCUT2D eigenvalue weighted by molar-refractivity contribution is 5.85. The lowest BCUT2D eigenvalue weighted by Gasteiger charge is -2.09. The van der Waals surface area contributed by atoms with Crippen LogP contribution in [0.15, 0.2) is 0 Å². The molecule has 0 N–H and O–H groups in total. The van der Waals surface area contributed by atoms with E-state index in [4.69, 9.17) is 4.74 Å². The second-order valence-electron chi connectivity index (χ2n) is 6.22. The van der Waals surface area contributed by atoms with Gasteiger partial charge in [0.25, 0.3) is 0 Å². The Labute approximate surface area is 116 Å². The van der Waals surface area contributed by atoms with Crippen LogP contribution in [0.4, 0.5) is 0 Å². The van der Waals surface area contributed by atoms with E-state index >= 15 is 0 Å². The first kappa shape index (κ1) is 14.5. The third kappa shape index (κ3) is 5.33. The number of hydrogen-bond acceptors (Lipinski definition) is 3. The summed E-state index contributed by atoms with van der Waals surface area (Å²) in [7, 11) is 0. The monoisotopic (exact) mass is 266 g/mol. The van der Waals surface area contributed by atoms with Gasteiger partial charge in [-0.15, -0.1) is 0 Å². The molecule has 2 fully saturated rings. The van der Waals surface area contributed by atoms with E-state index in [0.29, 0.717) is 24.7 Å². The van der Waals surface area contributed by atoms with Gasteiger partial charge in [-0.25, -0.2) is 0 Å². The fourth-order valence-corrected chi connectivity index (χ4v) is 3.47. The normalized spacial score (nSPS) is 20.8. The van der Waals surface area contributed by atoms with Gasteiger partial charge in [-0.2, -0.15) is 0 Å². The molecule has 0 saturated heterocycles. The summed E-state index contributed by atoms with van der Waals surface area (Å²) in [5, 5.41) is 0. The van der Waals surface area contributed by atoms with Crippen molar-refractivity contribution in [3.8, 4) is 0 Å². The molecule has 0 radical (unpaired) electrons. The molecule has 3 nitrogen and oxygen atoms in total. The highest BCUT2D eigenvalue weighted by atomic mass is 16.6. The predicted octanol–water partition coefficient (Wildman–Crippen LogP) is 4.00. The van der Waals surface area contributed by atoms with Crippen LogP contribution in [0.2, 0.25) is 0 Å². The van der Waals surface area contributed by atoms with Gasteiger partial charge in [0, 0.05) is 12.8 Å². The molecule has 0 aromatic carbocycles. The molecule has 2 rings (SSSR count). The average molecular weight is 266 g/mol. The van der Waals surface area contributed by atoms with Crippen molar-refractivity contribution in [3.05, 3.63) is 0 Å². The molecule has 2 aliphatic carbocycles. The van der Waals surface area contributed by atoms with Crippen molar-refractivity contribution in [2.75, 3.05) is 0 Å². The lowest BCUT2D eigenvalue weighted by atomic mass is 10.0. The SMILES string of the molecule is O=C(CCC1CCCC1)OC(=O)CCC1CCCC1. The van der Waals surface area contributed by atoms with Crippen molar-refractivity contribution in [2.24, 2.45) is 11.8 Å². The Balaban J connectivity index is 1.54. The van der Waals surface area contributed by atoms with Crippen LogP contribution in [0.5, 0.6) is 0 Å². The zero-order valence-corrected chi connectivity index (χ0v) is 11.9. The molecule has 0 aromatic heterocycles. The molecule has 0 amide bonds. The van der Waals surface area contributed by atoms with Crippen molar-refractivity contribution < 1.29 is 14.3 Å². The molecule has 0 aliphatic heterocycles. The summed E-state index contributed by atoms with van der Waals surface area (Å²) in [6.07, 6.45) is 12.8. The molecule has 0 bridgehead atoms. The Morgan fingerprint density at radius 3 is 1.47 bits per heavy atom. The van der Waals surface area contributed by atoms with Crippen LogP contribution in [0.1, 0.15) is 77.0 Å². The van der Waals surface area contributed by atoms with Crippen LogP contribution in [-0.2, 0) is 14.3 Å². The van der Waals surface area contributed by atoms with E-state index in [1.807, 2.05) is 0 Å². The van der Waals surface area contributed by atoms with Crippen LogP contribution in [0, 0.1) is 11.8 Å². The zero-order chi connectivity index (χ0) is 13.5. The van der Waals surface area contributed by atoms with Crippen LogP contribution < -0.4 is 0 Å². The predicted molar refractivity (Wildman–Crippen MR) is 73.5 cm³/mol. The molecule has 2 saturated carbocycles. The summed E-state index contributed by atoms with van der Waals surface area (Å²) in [5.41, 5.74) is 0. The summed E-state index contributed by atoms with van der Waals surface area (Å²) in [6, 6.07) is 0. The standard InChI is InChI=1S/C16H26O3/c17-15(11-9-13-5-1-2-6-13)19-16(18)12-10-14-7-3-4-8-14/h13-14H,1-12H2. The third-order valence-corrected chi connectivity index (χ3v) is 4.69. The number of esters is 2. The lowest BCUT2D eigenvalue weighted by Crippen LogP contribution is -2.14. The highest BCUT2D eigenvalue weighted by Crippen LogP contribution is 2.29. The Hall–Kier alpha value is -0.860. The average Bonchev–Trinajstić information content (AvgIpc) is 3.07. The van der Waals surface area contributed by atoms with E-state index in [0.717, 1.165) is 12.8 Å². The first-order valence-corrected chi connectivity index (χ1v) is 7.97. The molecule has 0 heterocycles. The molecule has 2 aliphatic rings. The van der Waals surface area contributed by atoms with E-state index in [9.17, 15) is 9.59 Å². The minimum absolute atomic E-state index is 0.316. The Morgan fingerprint density at radius 1 is 0.737 bits per heavy atom. The fraction of sp³-hybridized carbons (Fsp3) is 0.875. The van der Waals surface area contributed by atoms with E-state index in [-0.39, 0.29) is 11.9 Å². The van der Waals surface area contributed by atoms with Crippen LogP contribution in [-0.4, -0.2) is 11.9 Å². The van der Waals surface area contributed by atoms with Crippen molar-refractivity contribution in [2.45, 2.75) is 77.0 Å². The van der Waals surface area contributed by atoms with Gasteiger partial charge in [0.15, 0.2) is 0 Å². The summed E-state index contributed by atoms with van der Waals surface area (Å²) in [4.78, 5) is 23.1. The summed E-state index contributed by atoms with van der Waals surface area (Å²) < 4.78 is 4.89. The number of rotatable bonds is 6. The Kier molecular flexibility index (Phi) is 5.87. The van der Waals surface area contributed by atoms with Crippen molar-refractivity contribution in [3.63, 3.8) is 0 Å². The smallest absolute Gasteiger partial charge is 0.313 e. The molecule has 0 aromatic rings. The summed E-state index contributed by atoms with van der Waals surface area (Å²) in [5.74, 6) is 0.730. The fourth-order valence-electron chi connectivity index (χ4n) is 3.47. The van der Waals surface area contributed by atoms with Crippen molar-refractivity contribution >= 4 is 11.9 Å². The maximum atomic E-state index is 11.6. The van der Waals surface area contributed by atoms with Crippen LogP contribution in [0.3, 0.4) is 0 Å². The van der Waals surface area contributed by atoms with E-state index in [1.165, 1.54) is 51.4 Å². The molecule has 108 valence electrons.